The van der Waals surface area contributed by atoms with Gasteiger partial charge in [-0.2, -0.15) is 0 Å². The van der Waals surface area contributed by atoms with Crippen LogP contribution in [0.5, 0.6) is 0 Å². The van der Waals surface area contributed by atoms with Crippen molar-refractivity contribution in [3.05, 3.63) is 24.3 Å². The number of furan rings is 1. The summed E-state index contributed by atoms with van der Waals surface area (Å²) in [7, 11) is 0. The Labute approximate surface area is 97.9 Å². The molecule has 3 rings (SSSR count). The van der Waals surface area contributed by atoms with Gasteiger partial charge in [0.15, 0.2) is 5.76 Å². The predicted octanol–water partition coefficient (Wildman–Crippen LogP) is 0.896. The Bertz CT molecular complexity index is 480. The van der Waals surface area contributed by atoms with Crippen molar-refractivity contribution in [2.24, 2.45) is 0 Å². The normalized spacial score (nSPS) is 21.1. The minimum Gasteiger partial charge on any atom is -0.459 e. The number of nitrogens with zero attached hydrogens (tertiary/aromatic N) is 3. The fourth-order valence-corrected chi connectivity index (χ4v) is 1.96. The second kappa shape index (κ2) is 4.31. The van der Waals surface area contributed by atoms with Crippen LogP contribution >= 0.6 is 0 Å². The van der Waals surface area contributed by atoms with Crippen molar-refractivity contribution in [2.45, 2.75) is 19.1 Å². The largest absolute Gasteiger partial charge is 0.459 e. The predicted molar refractivity (Wildman–Crippen MR) is 57.9 cm³/mol. The Morgan fingerprint density at radius 3 is 3.12 bits per heavy atom. The van der Waals surface area contributed by atoms with E-state index in [4.69, 9.17) is 8.83 Å². The van der Waals surface area contributed by atoms with E-state index in [1.54, 1.807) is 18.4 Å². The summed E-state index contributed by atoms with van der Waals surface area (Å²) in [5.74, 6) is 1.51. The molecule has 0 radical (unpaired) electrons. The number of hydrogen-bond donors (Lipinski definition) is 1. The maximum atomic E-state index is 9.41. The van der Waals surface area contributed by atoms with Gasteiger partial charge in [-0.3, -0.25) is 4.90 Å². The van der Waals surface area contributed by atoms with Gasteiger partial charge in [-0.15, -0.1) is 10.2 Å². The summed E-state index contributed by atoms with van der Waals surface area (Å²) < 4.78 is 10.7. The van der Waals surface area contributed by atoms with Gasteiger partial charge in [0.2, 0.25) is 5.89 Å². The van der Waals surface area contributed by atoms with Crippen LogP contribution in [0.25, 0.3) is 11.7 Å². The molecule has 1 aliphatic heterocycles. The number of aliphatic hydroxyl groups excluding tert-OH is 1. The Hall–Kier alpha value is -1.66. The van der Waals surface area contributed by atoms with Gasteiger partial charge in [0.25, 0.3) is 5.89 Å². The van der Waals surface area contributed by atoms with Crippen molar-refractivity contribution in [3.63, 3.8) is 0 Å². The van der Waals surface area contributed by atoms with E-state index in [2.05, 4.69) is 15.1 Å². The van der Waals surface area contributed by atoms with Crippen molar-refractivity contribution < 1.29 is 13.9 Å². The molecule has 2 aromatic heterocycles. The molecular formula is C11H13N3O3. The Morgan fingerprint density at radius 2 is 2.41 bits per heavy atom. The number of rotatable bonds is 3. The molecule has 0 spiro atoms. The fraction of sp³-hybridized carbons (Fsp3) is 0.455. The lowest BCUT2D eigenvalue weighted by molar-refractivity contribution is 0.171. The molecule has 1 atom stereocenters. The molecule has 6 heteroatoms. The van der Waals surface area contributed by atoms with Gasteiger partial charge in [-0.1, -0.05) is 0 Å². The average Bonchev–Trinajstić information content (AvgIpc) is 3.00. The molecule has 1 aliphatic rings. The number of aliphatic hydroxyl groups is 1. The summed E-state index contributed by atoms with van der Waals surface area (Å²) in [5.41, 5.74) is 0. The van der Waals surface area contributed by atoms with E-state index < -0.39 is 0 Å². The van der Waals surface area contributed by atoms with Crippen LogP contribution in [0.2, 0.25) is 0 Å². The van der Waals surface area contributed by atoms with Crippen molar-refractivity contribution in [3.8, 4) is 11.7 Å². The Morgan fingerprint density at radius 1 is 1.47 bits per heavy atom. The molecule has 1 N–H and O–H groups in total. The molecule has 2 aromatic rings. The van der Waals surface area contributed by atoms with Gasteiger partial charge in [-0.25, -0.2) is 0 Å². The molecule has 90 valence electrons. The number of aromatic nitrogens is 2. The first-order valence-electron chi connectivity index (χ1n) is 5.58. The topological polar surface area (TPSA) is 75.5 Å². The molecule has 1 unspecified atom stereocenters. The zero-order chi connectivity index (χ0) is 11.7. The summed E-state index contributed by atoms with van der Waals surface area (Å²) in [6.07, 6.45) is 2.14. The number of likely N-dealkylation sites (tertiary alicyclic amines) is 1. The number of β-amino-alcohol motifs (C(OH)–C–C–N with tert-alkyl or cyclic N) is 1. The lowest BCUT2D eigenvalue weighted by Crippen LogP contribution is -2.21. The summed E-state index contributed by atoms with van der Waals surface area (Å²) in [6, 6.07) is 3.55. The first kappa shape index (κ1) is 10.5. The molecule has 0 amide bonds. The number of hydrogen-bond acceptors (Lipinski definition) is 6. The van der Waals surface area contributed by atoms with Crippen molar-refractivity contribution in [1.82, 2.24) is 15.1 Å². The highest BCUT2D eigenvalue weighted by atomic mass is 16.4. The third kappa shape index (κ3) is 2.22. The minimum atomic E-state index is -0.234. The van der Waals surface area contributed by atoms with Crippen LogP contribution in [0.3, 0.4) is 0 Å². The van der Waals surface area contributed by atoms with Crippen LogP contribution in [0.1, 0.15) is 12.3 Å². The summed E-state index contributed by atoms with van der Waals surface area (Å²) in [6.45, 7) is 2.10. The van der Waals surface area contributed by atoms with Crippen LogP contribution < -0.4 is 0 Å². The second-order valence-corrected chi connectivity index (χ2v) is 4.16. The van der Waals surface area contributed by atoms with Crippen molar-refractivity contribution in [1.29, 1.82) is 0 Å². The van der Waals surface area contributed by atoms with Crippen LogP contribution in [0.15, 0.2) is 27.2 Å². The van der Waals surface area contributed by atoms with Crippen LogP contribution in [0.4, 0.5) is 0 Å². The smallest absolute Gasteiger partial charge is 0.283 e. The molecule has 1 saturated heterocycles. The van der Waals surface area contributed by atoms with Crippen LogP contribution in [-0.4, -0.2) is 39.4 Å². The standard InChI is InChI=1S/C11H13N3O3/c15-8-3-4-14(6-8)7-10-12-13-11(17-10)9-2-1-5-16-9/h1-2,5,8,15H,3-4,6-7H2. The molecule has 0 bridgehead atoms. The van der Waals surface area contributed by atoms with Crippen LogP contribution in [0, 0.1) is 0 Å². The van der Waals surface area contributed by atoms with Crippen molar-refractivity contribution in [2.75, 3.05) is 13.1 Å². The van der Waals surface area contributed by atoms with E-state index in [-0.39, 0.29) is 6.10 Å². The maximum Gasteiger partial charge on any atom is 0.283 e. The minimum absolute atomic E-state index is 0.234. The van der Waals surface area contributed by atoms with Gasteiger partial charge in [-0.05, 0) is 18.6 Å². The summed E-state index contributed by atoms with van der Waals surface area (Å²) >= 11 is 0. The van der Waals surface area contributed by atoms with E-state index in [0.29, 0.717) is 30.6 Å². The van der Waals surface area contributed by atoms with Gasteiger partial charge in [0, 0.05) is 13.1 Å². The monoisotopic (exact) mass is 235 g/mol. The van der Waals surface area contributed by atoms with E-state index in [1.165, 1.54) is 0 Å². The third-order valence-electron chi connectivity index (χ3n) is 2.81. The van der Waals surface area contributed by atoms with E-state index >= 15 is 0 Å². The Kier molecular flexibility index (Phi) is 2.66. The van der Waals surface area contributed by atoms with Gasteiger partial charge in [0.05, 0.1) is 18.9 Å². The molecule has 0 aromatic carbocycles. The third-order valence-corrected chi connectivity index (χ3v) is 2.81. The quantitative estimate of drug-likeness (QED) is 0.851. The first-order valence-corrected chi connectivity index (χ1v) is 5.58. The molecular weight excluding hydrogens is 222 g/mol. The van der Waals surface area contributed by atoms with E-state index in [9.17, 15) is 5.11 Å². The highest BCUT2D eigenvalue weighted by Gasteiger charge is 2.22. The lowest BCUT2D eigenvalue weighted by atomic mass is 10.3. The van der Waals surface area contributed by atoms with Crippen LogP contribution in [-0.2, 0) is 6.54 Å². The molecule has 3 heterocycles. The Balaban J connectivity index is 1.69. The highest BCUT2D eigenvalue weighted by Crippen LogP contribution is 2.19. The maximum absolute atomic E-state index is 9.41. The molecule has 0 saturated carbocycles. The molecule has 1 fully saturated rings. The molecule has 6 nitrogen and oxygen atoms in total. The van der Waals surface area contributed by atoms with Gasteiger partial charge in [0.1, 0.15) is 0 Å². The summed E-state index contributed by atoms with van der Waals surface area (Å²) in [4.78, 5) is 2.09. The zero-order valence-corrected chi connectivity index (χ0v) is 9.24. The van der Waals surface area contributed by atoms with E-state index in [0.717, 1.165) is 13.0 Å². The highest BCUT2D eigenvalue weighted by molar-refractivity contribution is 5.42. The van der Waals surface area contributed by atoms with Gasteiger partial charge < -0.3 is 13.9 Å². The second-order valence-electron chi connectivity index (χ2n) is 4.16. The van der Waals surface area contributed by atoms with E-state index in [1.807, 2.05) is 0 Å². The zero-order valence-electron chi connectivity index (χ0n) is 9.24. The fourth-order valence-electron chi connectivity index (χ4n) is 1.96. The molecule has 0 aliphatic carbocycles. The SMILES string of the molecule is OC1CCN(Cc2nnc(-c3ccco3)o2)C1. The molecule has 17 heavy (non-hydrogen) atoms. The average molecular weight is 235 g/mol. The van der Waals surface area contributed by atoms with Gasteiger partial charge >= 0.3 is 0 Å². The summed E-state index contributed by atoms with van der Waals surface area (Å²) in [5, 5.41) is 17.3. The van der Waals surface area contributed by atoms with Crippen molar-refractivity contribution >= 4 is 0 Å². The lowest BCUT2D eigenvalue weighted by Gasteiger charge is -2.10. The first-order chi connectivity index (χ1) is 8.31.